The molecule has 0 saturated heterocycles. The second kappa shape index (κ2) is 4.72. The van der Waals surface area contributed by atoms with E-state index in [9.17, 15) is 0 Å². The predicted molar refractivity (Wildman–Crippen MR) is 50.6 cm³/mol. The van der Waals surface area contributed by atoms with Crippen LogP contribution in [0.3, 0.4) is 0 Å². The number of rotatable bonds is 4. The fourth-order valence-electron chi connectivity index (χ4n) is 1.00. The van der Waals surface area contributed by atoms with Gasteiger partial charge in [0.15, 0.2) is 0 Å². The van der Waals surface area contributed by atoms with Crippen LogP contribution in [-0.2, 0) is 6.54 Å². The lowest BCUT2D eigenvalue weighted by Crippen LogP contribution is -2.15. The first-order valence-electron chi connectivity index (χ1n) is 4.24. The van der Waals surface area contributed by atoms with Crippen molar-refractivity contribution < 1.29 is 0 Å². The molecule has 0 bridgehead atoms. The molecule has 0 aliphatic rings. The normalized spacial score (nSPS) is 10.1. The Balaban J connectivity index is 2.46. The minimum Gasteiger partial charge on any atom is -0.383 e. The molecule has 0 aliphatic heterocycles. The summed E-state index contributed by atoms with van der Waals surface area (Å²) in [5.41, 5.74) is 6.73. The van der Waals surface area contributed by atoms with Gasteiger partial charge in [0.05, 0.1) is 0 Å². The van der Waals surface area contributed by atoms with Crippen LogP contribution in [0.1, 0.15) is 18.9 Å². The summed E-state index contributed by atoms with van der Waals surface area (Å²) < 4.78 is 0. The molecule has 0 saturated carbocycles. The highest BCUT2D eigenvalue weighted by atomic mass is 14.9. The Morgan fingerprint density at radius 1 is 1.58 bits per heavy atom. The van der Waals surface area contributed by atoms with E-state index in [0.717, 1.165) is 25.1 Å². The molecule has 66 valence electrons. The van der Waals surface area contributed by atoms with Gasteiger partial charge in [0, 0.05) is 18.3 Å². The molecule has 1 aromatic rings. The Labute approximate surface area is 73.0 Å². The number of nitrogen functional groups attached to an aromatic ring is 1. The third-order valence-electron chi connectivity index (χ3n) is 1.67. The van der Waals surface area contributed by atoms with Crippen LogP contribution in [0.4, 0.5) is 5.82 Å². The number of hydrogen-bond acceptors (Lipinski definition) is 3. The number of nitrogens with two attached hydrogens (primary N) is 1. The molecular formula is C9H15N3. The summed E-state index contributed by atoms with van der Waals surface area (Å²) in [6, 6.07) is 3.89. The van der Waals surface area contributed by atoms with Gasteiger partial charge in [-0.3, -0.25) is 0 Å². The highest BCUT2D eigenvalue weighted by Gasteiger charge is 1.96. The van der Waals surface area contributed by atoms with Gasteiger partial charge in [-0.1, -0.05) is 13.0 Å². The molecular weight excluding hydrogens is 150 g/mol. The minimum absolute atomic E-state index is 0.626. The van der Waals surface area contributed by atoms with Crippen molar-refractivity contribution in [2.75, 3.05) is 12.3 Å². The summed E-state index contributed by atoms with van der Waals surface area (Å²) in [5, 5.41) is 3.27. The topological polar surface area (TPSA) is 50.9 Å². The zero-order chi connectivity index (χ0) is 8.81. The van der Waals surface area contributed by atoms with Crippen LogP contribution in [0.15, 0.2) is 18.3 Å². The van der Waals surface area contributed by atoms with Crippen molar-refractivity contribution in [1.82, 2.24) is 10.3 Å². The third kappa shape index (κ3) is 2.51. The SMILES string of the molecule is CCCNCc1cccnc1N. The summed E-state index contributed by atoms with van der Waals surface area (Å²) >= 11 is 0. The highest BCUT2D eigenvalue weighted by Crippen LogP contribution is 2.05. The quantitative estimate of drug-likeness (QED) is 0.658. The van der Waals surface area contributed by atoms with Crippen LogP contribution in [0.25, 0.3) is 0 Å². The number of nitrogens with one attached hydrogen (secondary N) is 1. The summed E-state index contributed by atoms with van der Waals surface area (Å²) in [5.74, 6) is 0.626. The van der Waals surface area contributed by atoms with Gasteiger partial charge in [0.2, 0.25) is 0 Å². The van der Waals surface area contributed by atoms with E-state index in [1.807, 2.05) is 12.1 Å². The second-order valence-corrected chi connectivity index (χ2v) is 2.72. The number of aromatic nitrogens is 1. The number of nitrogens with zero attached hydrogens (tertiary/aromatic N) is 1. The fourth-order valence-corrected chi connectivity index (χ4v) is 1.00. The molecule has 0 aliphatic carbocycles. The Hall–Kier alpha value is -1.09. The molecule has 1 heterocycles. The Morgan fingerprint density at radius 3 is 3.08 bits per heavy atom. The Bertz CT molecular complexity index is 235. The standard InChI is InChI=1S/C9H15N3/c1-2-5-11-7-8-4-3-6-12-9(8)10/h3-4,6,11H,2,5,7H2,1H3,(H2,10,12). The van der Waals surface area contributed by atoms with Gasteiger partial charge < -0.3 is 11.1 Å². The maximum Gasteiger partial charge on any atom is 0.127 e. The van der Waals surface area contributed by atoms with E-state index in [1.165, 1.54) is 0 Å². The second-order valence-electron chi connectivity index (χ2n) is 2.72. The molecule has 0 aromatic carbocycles. The average molecular weight is 165 g/mol. The lowest BCUT2D eigenvalue weighted by Gasteiger charge is -2.04. The first-order valence-corrected chi connectivity index (χ1v) is 4.24. The lowest BCUT2D eigenvalue weighted by molar-refractivity contribution is 0.675. The van der Waals surface area contributed by atoms with E-state index in [-0.39, 0.29) is 0 Å². The first kappa shape index (κ1) is 9.00. The van der Waals surface area contributed by atoms with Gasteiger partial charge in [-0.2, -0.15) is 0 Å². The van der Waals surface area contributed by atoms with Crippen LogP contribution >= 0.6 is 0 Å². The van der Waals surface area contributed by atoms with Crippen molar-refractivity contribution in [2.24, 2.45) is 0 Å². The molecule has 12 heavy (non-hydrogen) atoms. The van der Waals surface area contributed by atoms with Crippen molar-refractivity contribution in [3.8, 4) is 0 Å². The third-order valence-corrected chi connectivity index (χ3v) is 1.67. The summed E-state index contributed by atoms with van der Waals surface area (Å²) in [6.07, 6.45) is 2.85. The summed E-state index contributed by atoms with van der Waals surface area (Å²) in [4.78, 5) is 4.00. The van der Waals surface area contributed by atoms with Crippen molar-refractivity contribution in [3.63, 3.8) is 0 Å². The van der Waals surface area contributed by atoms with E-state index in [0.29, 0.717) is 5.82 Å². The average Bonchev–Trinajstić information content (AvgIpc) is 2.09. The van der Waals surface area contributed by atoms with Crippen molar-refractivity contribution in [2.45, 2.75) is 19.9 Å². The van der Waals surface area contributed by atoms with Crippen LogP contribution in [0, 0.1) is 0 Å². The molecule has 1 aromatic heterocycles. The van der Waals surface area contributed by atoms with E-state index in [2.05, 4.69) is 17.2 Å². The number of hydrogen-bond donors (Lipinski definition) is 2. The molecule has 3 heteroatoms. The number of pyridine rings is 1. The highest BCUT2D eigenvalue weighted by molar-refractivity contribution is 5.38. The Kier molecular flexibility index (Phi) is 3.54. The van der Waals surface area contributed by atoms with Crippen LogP contribution < -0.4 is 11.1 Å². The summed E-state index contributed by atoms with van der Waals surface area (Å²) in [6.45, 7) is 3.97. The maximum absolute atomic E-state index is 5.65. The van der Waals surface area contributed by atoms with Gasteiger partial charge in [-0.05, 0) is 19.0 Å². The molecule has 0 fully saturated rings. The van der Waals surface area contributed by atoms with E-state index in [4.69, 9.17) is 5.73 Å². The largest absolute Gasteiger partial charge is 0.383 e. The molecule has 0 atom stereocenters. The molecule has 3 N–H and O–H groups in total. The van der Waals surface area contributed by atoms with Crippen molar-refractivity contribution in [3.05, 3.63) is 23.9 Å². The molecule has 0 amide bonds. The molecule has 3 nitrogen and oxygen atoms in total. The maximum atomic E-state index is 5.65. The molecule has 0 unspecified atom stereocenters. The summed E-state index contributed by atoms with van der Waals surface area (Å²) in [7, 11) is 0. The van der Waals surface area contributed by atoms with Crippen LogP contribution in [0.5, 0.6) is 0 Å². The number of anilines is 1. The van der Waals surface area contributed by atoms with Gasteiger partial charge in [-0.15, -0.1) is 0 Å². The van der Waals surface area contributed by atoms with Gasteiger partial charge >= 0.3 is 0 Å². The first-order chi connectivity index (χ1) is 5.84. The predicted octanol–water partition coefficient (Wildman–Crippen LogP) is 1.16. The zero-order valence-electron chi connectivity index (χ0n) is 7.38. The fraction of sp³-hybridized carbons (Fsp3) is 0.444. The van der Waals surface area contributed by atoms with Crippen LogP contribution in [0.2, 0.25) is 0 Å². The van der Waals surface area contributed by atoms with E-state index >= 15 is 0 Å². The van der Waals surface area contributed by atoms with E-state index in [1.54, 1.807) is 6.20 Å². The molecule has 1 rings (SSSR count). The molecule has 0 spiro atoms. The Morgan fingerprint density at radius 2 is 2.42 bits per heavy atom. The lowest BCUT2D eigenvalue weighted by atomic mass is 10.2. The monoisotopic (exact) mass is 165 g/mol. The van der Waals surface area contributed by atoms with Gasteiger partial charge in [-0.25, -0.2) is 4.98 Å². The van der Waals surface area contributed by atoms with Gasteiger partial charge in [0.1, 0.15) is 5.82 Å². The van der Waals surface area contributed by atoms with Crippen molar-refractivity contribution in [1.29, 1.82) is 0 Å². The van der Waals surface area contributed by atoms with Crippen LogP contribution in [-0.4, -0.2) is 11.5 Å². The molecule has 0 radical (unpaired) electrons. The zero-order valence-corrected chi connectivity index (χ0v) is 7.38. The van der Waals surface area contributed by atoms with E-state index < -0.39 is 0 Å². The smallest absolute Gasteiger partial charge is 0.127 e. The van der Waals surface area contributed by atoms with Crippen molar-refractivity contribution >= 4 is 5.82 Å². The minimum atomic E-state index is 0.626. The van der Waals surface area contributed by atoms with Gasteiger partial charge in [0.25, 0.3) is 0 Å².